The second-order valence-corrected chi connectivity index (χ2v) is 7.05. The van der Waals surface area contributed by atoms with Gasteiger partial charge in [0.1, 0.15) is 0 Å². The van der Waals surface area contributed by atoms with Crippen LogP contribution in [0, 0.1) is 10.1 Å². The SMILES string of the molecule is CC(Sc1ccccc1[N+](=O)[O-])C(=O)c1ccc(Cl)s1. The van der Waals surface area contributed by atoms with Gasteiger partial charge in [0.15, 0.2) is 5.78 Å². The van der Waals surface area contributed by atoms with Crippen molar-refractivity contribution in [3.63, 3.8) is 0 Å². The number of para-hydroxylation sites is 1. The van der Waals surface area contributed by atoms with Crippen LogP contribution in [0.25, 0.3) is 0 Å². The van der Waals surface area contributed by atoms with Crippen LogP contribution in [0.2, 0.25) is 4.34 Å². The van der Waals surface area contributed by atoms with Gasteiger partial charge in [0.05, 0.1) is 24.3 Å². The average Bonchev–Trinajstić information content (AvgIpc) is 2.84. The van der Waals surface area contributed by atoms with Crippen molar-refractivity contribution in [1.82, 2.24) is 0 Å². The fraction of sp³-hybridized carbons (Fsp3) is 0.154. The van der Waals surface area contributed by atoms with Crippen LogP contribution in [-0.4, -0.2) is 16.0 Å². The van der Waals surface area contributed by atoms with Crippen molar-refractivity contribution in [3.8, 4) is 0 Å². The number of nitro groups is 1. The van der Waals surface area contributed by atoms with Crippen molar-refractivity contribution in [2.75, 3.05) is 0 Å². The molecule has 0 amide bonds. The molecular formula is C13H10ClNO3S2. The lowest BCUT2D eigenvalue weighted by molar-refractivity contribution is -0.387. The summed E-state index contributed by atoms with van der Waals surface area (Å²) in [4.78, 5) is 23.8. The van der Waals surface area contributed by atoms with E-state index in [1.165, 1.54) is 29.2 Å². The van der Waals surface area contributed by atoms with Crippen LogP contribution in [0.3, 0.4) is 0 Å². The van der Waals surface area contributed by atoms with Gasteiger partial charge in [0.25, 0.3) is 5.69 Å². The molecule has 1 aromatic heterocycles. The Kier molecular flexibility index (Phi) is 4.80. The number of nitro benzene ring substituents is 1. The first-order chi connectivity index (χ1) is 9.49. The lowest BCUT2D eigenvalue weighted by atomic mass is 10.2. The van der Waals surface area contributed by atoms with Gasteiger partial charge >= 0.3 is 0 Å². The van der Waals surface area contributed by atoms with E-state index in [0.717, 1.165) is 0 Å². The molecule has 0 N–H and O–H groups in total. The quantitative estimate of drug-likeness (QED) is 0.346. The fourth-order valence-corrected chi connectivity index (χ4v) is 3.78. The minimum atomic E-state index is -0.443. The summed E-state index contributed by atoms with van der Waals surface area (Å²) in [6.45, 7) is 1.73. The number of thiophene rings is 1. The standard InChI is InChI=1S/C13H10ClNO3S2/c1-8(13(16)11-6-7-12(14)20-11)19-10-5-3-2-4-9(10)15(17)18/h2-8H,1H3. The zero-order valence-corrected chi connectivity index (χ0v) is 12.8. The van der Waals surface area contributed by atoms with Gasteiger partial charge in [0.2, 0.25) is 0 Å². The Labute approximate surface area is 128 Å². The van der Waals surface area contributed by atoms with E-state index in [9.17, 15) is 14.9 Å². The number of Topliss-reactive ketones (excluding diaryl/α,β-unsaturated/α-hetero) is 1. The number of halogens is 1. The molecule has 0 fully saturated rings. The molecule has 0 saturated carbocycles. The van der Waals surface area contributed by atoms with Crippen molar-refractivity contribution < 1.29 is 9.72 Å². The number of carbonyl (C=O) groups excluding carboxylic acids is 1. The Bertz CT molecular complexity index is 657. The zero-order valence-electron chi connectivity index (χ0n) is 10.4. The van der Waals surface area contributed by atoms with Crippen molar-refractivity contribution in [2.24, 2.45) is 0 Å². The van der Waals surface area contributed by atoms with E-state index in [1.54, 1.807) is 37.3 Å². The van der Waals surface area contributed by atoms with Gasteiger partial charge in [-0.25, -0.2) is 0 Å². The third-order valence-electron chi connectivity index (χ3n) is 2.55. The Balaban J connectivity index is 2.18. The first kappa shape index (κ1) is 15.0. The number of nitrogens with zero attached hydrogens (tertiary/aromatic N) is 1. The molecule has 0 radical (unpaired) electrons. The minimum absolute atomic E-state index is 0.0151. The summed E-state index contributed by atoms with van der Waals surface area (Å²) < 4.78 is 0.552. The summed E-state index contributed by atoms with van der Waals surface area (Å²) in [5, 5.41) is 10.5. The molecule has 0 saturated heterocycles. The number of hydrogen-bond acceptors (Lipinski definition) is 5. The van der Waals surface area contributed by atoms with Crippen LogP contribution in [0.5, 0.6) is 0 Å². The summed E-state index contributed by atoms with van der Waals surface area (Å²) in [7, 11) is 0. The first-order valence-electron chi connectivity index (χ1n) is 5.68. The van der Waals surface area contributed by atoms with Crippen LogP contribution in [0.4, 0.5) is 5.69 Å². The highest BCUT2D eigenvalue weighted by Crippen LogP contribution is 2.34. The summed E-state index contributed by atoms with van der Waals surface area (Å²) in [5.74, 6) is -0.0787. The Morgan fingerprint density at radius 1 is 1.35 bits per heavy atom. The van der Waals surface area contributed by atoms with E-state index in [-0.39, 0.29) is 11.5 Å². The number of ketones is 1. The smallest absolute Gasteiger partial charge is 0.282 e. The van der Waals surface area contributed by atoms with E-state index >= 15 is 0 Å². The lowest BCUT2D eigenvalue weighted by Crippen LogP contribution is -2.12. The molecular weight excluding hydrogens is 318 g/mol. The monoisotopic (exact) mass is 327 g/mol. The maximum Gasteiger partial charge on any atom is 0.282 e. The second-order valence-electron chi connectivity index (χ2n) is 3.95. The minimum Gasteiger partial charge on any atom is -0.292 e. The topological polar surface area (TPSA) is 60.2 Å². The van der Waals surface area contributed by atoms with Gasteiger partial charge in [-0.15, -0.1) is 23.1 Å². The van der Waals surface area contributed by atoms with Crippen LogP contribution in [0.1, 0.15) is 16.6 Å². The summed E-state index contributed by atoms with van der Waals surface area (Å²) >= 11 is 8.20. The van der Waals surface area contributed by atoms with Gasteiger partial charge < -0.3 is 0 Å². The molecule has 2 aromatic rings. The van der Waals surface area contributed by atoms with E-state index in [1.807, 2.05) is 0 Å². The highest BCUT2D eigenvalue weighted by atomic mass is 35.5. The molecule has 0 aliphatic rings. The van der Waals surface area contributed by atoms with Gasteiger partial charge in [-0.2, -0.15) is 0 Å². The van der Waals surface area contributed by atoms with E-state index < -0.39 is 10.2 Å². The molecule has 4 nitrogen and oxygen atoms in total. The molecule has 0 bridgehead atoms. The normalized spacial score (nSPS) is 12.1. The summed E-state index contributed by atoms with van der Waals surface area (Å²) in [6, 6.07) is 9.74. The average molecular weight is 328 g/mol. The molecule has 2 rings (SSSR count). The van der Waals surface area contributed by atoms with Crippen LogP contribution in [-0.2, 0) is 0 Å². The van der Waals surface area contributed by atoms with Crippen LogP contribution >= 0.6 is 34.7 Å². The third kappa shape index (κ3) is 3.39. The predicted octanol–water partition coefficient (Wildman–Crippen LogP) is 4.67. The maximum absolute atomic E-state index is 12.2. The molecule has 0 aliphatic heterocycles. The van der Waals surface area contributed by atoms with Crippen molar-refractivity contribution >= 4 is 46.2 Å². The Morgan fingerprint density at radius 3 is 2.65 bits per heavy atom. The number of carbonyl (C=O) groups is 1. The van der Waals surface area contributed by atoms with Gasteiger partial charge in [-0.1, -0.05) is 23.7 Å². The van der Waals surface area contributed by atoms with Crippen LogP contribution in [0.15, 0.2) is 41.3 Å². The third-order valence-corrected chi connectivity index (χ3v) is 4.96. The van der Waals surface area contributed by atoms with Crippen molar-refractivity contribution in [3.05, 3.63) is 55.7 Å². The molecule has 0 spiro atoms. The largest absolute Gasteiger partial charge is 0.292 e. The zero-order chi connectivity index (χ0) is 14.7. The van der Waals surface area contributed by atoms with Crippen molar-refractivity contribution in [1.29, 1.82) is 0 Å². The maximum atomic E-state index is 12.2. The van der Waals surface area contributed by atoms with Gasteiger partial charge in [0, 0.05) is 6.07 Å². The second kappa shape index (κ2) is 6.39. The first-order valence-corrected chi connectivity index (χ1v) is 7.76. The molecule has 1 heterocycles. The van der Waals surface area contributed by atoms with Gasteiger partial charge in [-0.3, -0.25) is 14.9 Å². The highest BCUT2D eigenvalue weighted by Gasteiger charge is 2.22. The molecule has 1 aromatic carbocycles. The fourth-order valence-electron chi connectivity index (χ4n) is 1.60. The van der Waals surface area contributed by atoms with Crippen LogP contribution < -0.4 is 0 Å². The molecule has 0 aliphatic carbocycles. The Hall–Kier alpha value is -1.37. The molecule has 1 atom stereocenters. The number of thioether (sulfide) groups is 1. The molecule has 1 unspecified atom stereocenters. The van der Waals surface area contributed by atoms with Crippen molar-refractivity contribution in [2.45, 2.75) is 17.1 Å². The Morgan fingerprint density at radius 2 is 2.05 bits per heavy atom. The number of hydrogen-bond donors (Lipinski definition) is 0. The molecule has 20 heavy (non-hydrogen) atoms. The predicted molar refractivity (Wildman–Crippen MR) is 82.1 cm³/mol. The van der Waals surface area contributed by atoms with E-state index in [2.05, 4.69) is 0 Å². The molecule has 104 valence electrons. The summed E-state index contributed by atoms with van der Waals surface area (Å²) in [6.07, 6.45) is 0. The van der Waals surface area contributed by atoms with E-state index in [4.69, 9.17) is 11.6 Å². The van der Waals surface area contributed by atoms with E-state index in [0.29, 0.717) is 14.1 Å². The number of rotatable bonds is 5. The summed E-state index contributed by atoms with van der Waals surface area (Å²) in [5.41, 5.74) is 0.0151. The molecule has 7 heteroatoms. The van der Waals surface area contributed by atoms with Gasteiger partial charge in [-0.05, 0) is 25.1 Å². The highest BCUT2D eigenvalue weighted by molar-refractivity contribution is 8.00. The lowest BCUT2D eigenvalue weighted by Gasteiger charge is -2.09. The number of benzene rings is 1.